The van der Waals surface area contributed by atoms with E-state index in [1.54, 1.807) is 17.2 Å². The predicted molar refractivity (Wildman–Crippen MR) is 70.6 cm³/mol. The third-order valence-corrected chi connectivity index (χ3v) is 3.26. The number of nitrogens with zero attached hydrogens (tertiary/aromatic N) is 2. The number of nitrogens with two attached hydrogens (primary N) is 1. The Hall–Kier alpha value is -1.66. The second-order valence-electron chi connectivity index (χ2n) is 4.55. The highest BCUT2D eigenvalue weighted by Gasteiger charge is 2.24. The lowest BCUT2D eigenvalue weighted by Crippen LogP contribution is -2.41. The van der Waals surface area contributed by atoms with Crippen LogP contribution in [0.3, 0.4) is 0 Å². The Bertz CT molecular complexity index is 431. The lowest BCUT2D eigenvalue weighted by atomic mass is 10.1. The van der Waals surface area contributed by atoms with Gasteiger partial charge < -0.3 is 20.5 Å². The summed E-state index contributed by atoms with van der Waals surface area (Å²) in [7, 11) is 0. The van der Waals surface area contributed by atoms with Gasteiger partial charge in [-0.25, -0.2) is 0 Å². The van der Waals surface area contributed by atoms with E-state index in [0.29, 0.717) is 30.9 Å². The second kappa shape index (κ2) is 6.49. The van der Waals surface area contributed by atoms with Gasteiger partial charge in [-0.2, -0.15) is 0 Å². The van der Waals surface area contributed by atoms with Crippen molar-refractivity contribution in [2.75, 3.05) is 32.0 Å². The van der Waals surface area contributed by atoms with Crippen molar-refractivity contribution < 1.29 is 14.6 Å². The first-order chi connectivity index (χ1) is 9.22. The normalized spacial score (nSPS) is 16.6. The zero-order valence-electron chi connectivity index (χ0n) is 10.8. The summed E-state index contributed by atoms with van der Waals surface area (Å²) in [4.78, 5) is 17.9. The van der Waals surface area contributed by atoms with Gasteiger partial charge in [0, 0.05) is 19.3 Å². The lowest BCUT2D eigenvalue weighted by molar-refractivity contribution is -0.00552. The van der Waals surface area contributed by atoms with E-state index >= 15 is 0 Å². The molecule has 6 heteroatoms. The van der Waals surface area contributed by atoms with Crippen molar-refractivity contribution in [1.82, 2.24) is 9.88 Å². The number of piperidine rings is 1. The molecule has 6 nitrogen and oxygen atoms in total. The van der Waals surface area contributed by atoms with Crippen LogP contribution in [0.4, 0.5) is 5.69 Å². The molecule has 3 N–H and O–H groups in total. The number of anilines is 1. The van der Waals surface area contributed by atoms with Gasteiger partial charge in [-0.3, -0.25) is 9.78 Å². The zero-order valence-corrected chi connectivity index (χ0v) is 10.8. The van der Waals surface area contributed by atoms with Gasteiger partial charge in [0.25, 0.3) is 5.91 Å². The molecule has 0 aromatic carbocycles. The third kappa shape index (κ3) is 3.42. The Kier molecular flexibility index (Phi) is 4.70. The molecule has 104 valence electrons. The smallest absolute Gasteiger partial charge is 0.256 e. The SMILES string of the molecule is Nc1cnccc1C(=O)N1CCC(OCCO)CC1. The molecule has 1 aliphatic rings. The maximum Gasteiger partial charge on any atom is 0.256 e. The van der Waals surface area contributed by atoms with Gasteiger partial charge in [0.1, 0.15) is 0 Å². The van der Waals surface area contributed by atoms with E-state index in [0.717, 1.165) is 12.8 Å². The number of aromatic nitrogens is 1. The number of carbonyl (C=O) groups is 1. The topological polar surface area (TPSA) is 88.7 Å². The average Bonchev–Trinajstić information content (AvgIpc) is 2.45. The van der Waals surface area contributed by atoms with Crippen molar-refractivity contribution in [2.45, 2.75) is 18.9 Å². The number of hydrogen-bond donors (Lipinski definition) is 2. The van der Waals surface area contributed by atoms with E-state index in [1.165, 1.54) is 6.20 Å². The molecule has 1 saturated heterocycles. The number of nitrogen functional groups attached to an aromatic ring is 1. The van der Waals surface area contributed by atoms with Crippen molar-refractivity contribution in [1.29, 1.82) is 0 Å². The van der Waals surface area contributed by atoms with E-state index in [1.807, 2.05) is 0 Å². The average molecular weight is 265 g/mol. The van der Waals surface area contributed by atoms with Gasteiger partial charge in [-0.1, -0.05) is 0 Å². The molecule has 0 bridgehead atoms. The van der Waals surface area contributed by atoms with E-state index < -0.39 is 0 Å². The fourth-order valence-electron chi connectivity index (χ4n) is 2.22. The largest absolute Gasteiger partial charge is 0.397 e. The van der Waals surface area contributed by atoms with Crippen molar-refractivity contribution >= 4 is 11.6 Å². The Morgan fingerprint density at radius 3 is 2.89 bits per heavy atom. The summed E-state index contributed by atoms with van der Waals surface area (Å²) in [5.41, 5.74) is 6.67. The van der Waals surface area contributed by atoms with Crippen molar-refractivity contribution in [3.8, 4) is 0 Å². The molecule has 1 fully saturated rings. The van der Waals surface area contributed by atoms with Crippen LogP contribution in [0.1, 0.15) is 23.2 Å². The fraction of sp³-hybridized carbons (Fsp3) is 0.538. The number of carbonyl (C=O) groups excluding carboxylic acids is 1. The monoisotopic (exact) mass is 265 g/mol. The summed E-state index contributed by atoms with van der Waals surface area (Å²) in [6.45, 7) is 1.69. The first kappa shape index (κ1) is 13.8. The minimum atomic E-state index is -0.0551. The second-order valence-corrected chi connectivity index (χ2v) is 4.55. The maximum absolute atomic E-state index is 12.3. The number of hydrogen-bond acceptors (Lipinski definition) is 5. The summed E-state index contributed by atoms with van der Waals surface area (Å²) in [6.07, 6.45) is 4.77. The molecule has 1 aromatic rings. The summed E-state index contributed by atoms with van der Waals surface area (Å²) in [6, 6.07) is 1.64. The fourth-order valence-corrected chi connectivity index (χ4v) is 2.22. The number of aliphatic hydroxyl groups excluding tert-OH is 1. The molecular weight excluding hydrogens is 246 g/mol. The first-order valence-electron chi connectivity index (χ1n) is 6.43. The van der Waals surface area contributed by atoms with Crippen LogP contribution < -0.4 is 5.73 Å². The Labute approximate surface area is 112 Å². The van der Waals surface area contributed by atoms with Crippen LogP contribution in [0.25, 0.3) is 0 Å². The Balaban J connectivity index is 1.91. The highest BCUT2D eigenvalue weighted by atomic mass is 16.5. The van der Waals surface area contributed by atoms with Crippen molar-refractivity contribution in [3.05, 3.63) is 24.0 Å². The molecule has 0 unspecified atom stereocenters. The number of pyridine rings is 1. The first-order valence-corrected chi connectivity index (χ1v) is 6.43. The number of likely N-dealkylation sites (tertiary alicyclic amines) is 1. The zero-order chi connectivity index (χ0) is 13.7. The van der Waals surface area contributed by atoms with E-state index in [9.17, 15) is 4.79 Å². The summed E-state index contributed by atoms with van der Waals surface area (Å²) >= 11 is 0. The van der Waals surface area contributed by atoms with Gasteiger partial charge in [0.15, 0.2) is 0 Å². The lowest BCUT2D eigenvalue weighted by Gasteiger charge is -2.32. The highest BCUT2D eigenvalue weighted by molar-refractivity contribution is 5.98. The van der Waals surface area contributed by atoms with Gasteiger partial charge in [0.05, 0.1) is 36.8 Å². The van der Waals surface area contributed by atoms with Gasteiger partial charge in [-0.15, -0.1) is 0 Å². The van der Waals surface area contributed by atoms with Crippen LogP contribution in [-0.2, 0) is 4.74 Å². The van der Waals surface area contributed by atoms with Gasteiger partial charge in [0.2, 0.25) is 0 Å². The molecule has 2 heterocycles. The molecule has 0 radical (unpaired) electrons. The minimum absolute atomic E-state index is 0.0344. The minimum Gasteiger partial charge on any atom is -0.397 e. The molecule has 2 rings (SSSR count). The van der Waals surface area contributed by atoms with E-state index in [4.69, 9.17) is 15.6 Å². The molecule has 1 amide bonds. The third-order valence-electron chi connectivity index (χ3n) is 3.26. The number of amides is 1. The van der Waals surface area contributed by atoms with Crippen LogP contribution in [0.15, 0.2) is 18.5 Å². The highest BCUT2D eigenvalue weighted by Crippen LogP contribution is 2.18. The summed E-state index contributed by atoms with van der Waals surface area (Å²) in [5, 5.41) is 8.71. The molecule has 19 heavy (non-hydrogen) atoms. The predicted octanol–water partition coefficient (Wildman–Crippen LogP) is 0.277. The van der Waals surface area contributed by atoms with Crippen LogP contribution >= 0.6 is 0 Å². The van der Waals surface area contributed by atoms with Crippen LogP contribution in [-0.4, -0.2) is 53.3 Å². The van der Waals surface area contributed by atoms with E-state index in [2.05, 4.69) is 4.98 Å². The molecule has 1 aromatic heterocycles. The molecule has 1 aliphatic heterocycles. The summed E-state index contributed by atoms with van der Waals surface area (Å²) in [5.74, 6) is -0.0551. The Morgan fingerprint density at radius 1 is 1.53 bits per heavy atom. The maximum atomic E-state index is 12.3. The number of ether oxygens (including phenoxy) is 1. The number of aliphatic hydroxyl groups is 1. The summed E-state index contributed by atoms with van der Waals surface area (Å²) < 4.78 is 5.47. The molecule has 0 atom stereocenters. The van der Waals surface area contributed by atoms with Crippen LogP contribution in [0, 0.1) is 0 Å². The number of rotatable bonds is 4. The Morgan fingerprint density at radius 2 is 2.26 bits per heavy atom. The molecule has 0 spiro atoms. The van der Waals surface area contributed by atoms with Crippen LogP contribution in [0.5, 0.6) is 0 Å². The molecular formula is C13H19N3O3. The van der Waals surface area contributed by atoms with Gasteiger partial charge in [-0.05, 0) is 18.9 Å². The van der Waals surface area contributed by atoms with Gasteiger partial charge >= 0.3 is 0 Å². The van der Waals surface area contributed by atoms with Crippen molar-refractivity contribution in [2.24, 2.45) is 0 Å². The quantitative estimate of drug-likeness (QED) is 0.816. The molecule has 0 saturated carbocycles. The van der Waals surface area contributed by atoms with E-state index in [-0.39, 0.29) is 18.6 Å². The van der Waals surface area contributed by atoms with Crippen molar-refractivity contribution in [3.63, 3.8) is 0 Å². The molecule has 0 aliphatic carbocycles. The van der Waals surface area contributed by atoms with Crippen LogP contribution in [0.2, 0.25) is 0 Å². The standard InChI is InChI=1S/C13H19N3O3/c14-12-9-15-4-1-11(12)13(18)16-5-2-10(3-6-16)19-8-7-17/h1,4,9-10,17H,2-3,5-8,14H2.